The molecule has 0 saturated heterocycles. The van der Waals surface area contributed by atoms with E-state index in [9.17, 15) is 0 Å². The lowest BCUT2D eigenvalue weighted by Gasteiger charge is -2.01. The Morgan fingerprint density at radius 3 is 2.09 bits per heavy atom. The first kappa shape index (κ1) is 9.62. The summed E-state index contributed by atoms with van der Waals surface area (Å²) in [5.74, 6) is 0.269. The lowest BCUT2D eigenvalue weighted by atomic mass is 10.2. The first-order chi connectivity index (χ1) is 4.95. The first-order valence-corrected chi connectivity index (χ1v) is 3.19. The fraction of sp³-hybridized carbons (Fsp3) is 0.250. The van der Waals surface area contributed by atoms with Gasteiger partial charge in [0.1, 0.15) is 5.84 Å². The minimum Gasteiger partial charge on any atom is -0.383 e. The molecule has 0 rings (SSSR count). The molecule has 0 spiro atoms. The van der Waals surface area contributed by atoms with Crippen LogP contribution >= 0.6 is 0 Å². The van der Waals surface area contributed by atoms with Gasteiger partial charge in [-0.05, 0) is 13.8 Å². The van der Waals surface area contributed by atoms with Crippen LogP contribution in [-0.2, 0) is 0 Å². The lowest BCUT2D eigenvalue weighted by molar-refractivity contribution is 1.30. The maximum Gasteiger partial charge on any atom is 0.132 e. The van der Waals surface area contributed by atoms with Crippen molar-refractivity contribution in [2.75, 3.05) is 0 Å². The molecule has 0 bridgehead atoms. The predicted molar refractivity (Wildman–Crippen MR) is 49.0 cm³/mol. The van der Waals surface area contributed by atoms with Crippen molar-refractivity contribution in [3.63, 3.8) is 0 Å². The van der Waals surface area contributed by atoms with Gasteiger partial charge in [0.05, 0.1) is 0 Å². The van der Waals surface area contributed by atoms with Crippen LogP contribution in [-0.4, -0.2) is 11.5 Å². The second-order valence-corrected chi connectivity index (χ2v) is 2.34. The van der Waals surface area contributed by atoms with Crippen LogP contribution < -0.4 is 5.73 Å². The van der Waals surface area contributed by atoms with Gasteiger partial charge >= 0.3 is 0 Å². The van der Waals surface area contributed by atoms with E-state index >= 15 is 0 Å². The van der Waals surface area contributed by atoms with Crippen molar-refractivity contribution in [1.29, 1.82) is 5.41 Å². The molecule has 0 heterocycles. The molecule has 0 saturated carbocycles. The highest BCUT2D eigenvalue weighted by molar-refractivity contribution is 6.20. The molecule has 0 unspecified atom stereocenters. The van der Waals surface area contributed by atoms with E-state index in [2.05, 4.69) is 18.2 Å². The van der Waals surface area contributed by atoms with E-state index in [0.29, 0.717) is 17.0 Å². The Morgan fingerprint density at radius 2 is 1.82 bits per heavy atom. The molecule has 3 heteroatoms. The number of aliphatic imine (C=N–C) groups is 1. The average molecular weight is 151 g/mol. The number of nitrogens with one attached hydrogen (secondary N) is 1. The smallest absolute Gasteiger partial charge is 0.132 e. The molecule has 0 aliphatic carbocycles. The molecule has 0 atom stereocenters. The fourth-order valence-corrected chi connectivity index (χ4v) is 0.465. The molecule has 0 aromatic carbocycles. The monoisotopic (exact) mass is 151 g/mol. The summed E-state index contributed by atoms with van der Waals surface area (Å²) in [4.78, 5) is 3.86. The van der Waals surface area contributed by atoms with E-state index in [-0.39, 0.29) is 5.84 Å². The zero-order valence-electron chi connectivity index (χ0n) is 6.94. The van der Waals surface area contributed by atoms with Gasteiger partial charge < -0.3 is 11.1 Å². The molecule has 0 fully saturated rings. The second kappa shape index (κ2) is 3.71. The van der Waals surface area contributed by atoms with Crippen LogP contribution in [0.25, 0.3) is 0 Å². The molecule has 0 aromatic heterocycles. The largest absolute Gasteiger partial charge is 0.383 e. The molecule has 0 aromatic rings. The zero-order chi connectivity index (χ0) is 9.02. The van der Waals surface area contributed by atoms with Crippen LogP contribution in [0.1, 0.15) is 13.8 Å². The highest BCUT2D eigenvalue weighted by atomic mass is 14.9. The van der Waals surface area contributed by atoms with Crippen molar-refractivity contribution >= 4 is 11.5 Å². The van der Waals surface area contributed by atoms with Crippen LogP contribution in [0.4, 0.5) is 0 Å². The Balaban J connectivity index is 4.49. The van der Waals surface area contributed by atoms with E-state index in [1.165, 1.54) is 0 Å². The van der Waals surface area contributed by atoms with Gasteiger partial charge in [0.15, 0.2) is 0 Å². The molecule has 3 N–H and O–H groups in total. The van der Waals surface area contributed by atoms with Gasteiger partial charge in [0.25, 0.3) is 0 Å². The van der Waals surface area contributed by atoms with Crippen LogP contribution in [0.5, 0.6) is 0 Å². The Kier molecular flexibility index (Phi) is 3.24. The van der Waals surface area contributed by atoms with Crippen molar-refractivity contribution < 1.29 is 0 Å². The summed E-state index contributed by atoms with van der Waals surface area (Å²) < 4.78 is 0. The van der Waals surface area contributed by atoms with Crippen molar-refractivity contribution in [2.24, 2.45) is 10.7 Å². The third kappa shape index (κ3) is 3.35. The van der Waals surface area contributed by atoms with Gasteiger partial charge in [0.2, 0.25) is 0 Å². The van der Waals surface area contributed by atoms with E-state index in [1.807, 2.05) is 0 Å². The standard InChI is InChI=1S/C8H13N3/c1-5(2)11-8(10)6(3)7(4)9/h9H,1,3H2,2,4H3,(H2,10,11). The number of allylic oxidation sites excluding steroid dienone is 1. The summed E-state index contributed by atoms with van der Waals surface area (Å²) in [7, 11) is 0. The number of hydrogen-bond donors (Lipinski definition) is 2. The van der Waals surface area contributed by atoms with Crippen LogP contribution in [0.15, 0.2) is 29.4 Å². The van der Waals surface area contributed by atoms with Gasteiger partial charge in [0, 0.05) is 17.0 Å². The third-order valence-corrected chi connectivity index (χ3v) is 1.07. The molecule has 0 aliphatic heterocycles. The Morgan fingerprint density at radius 1 is 1.36 bits per heavy atom. The second-order valence-electron chi connectivity index (χ2n) is 2.34. The molecular weight excluding hydrogens is 138 g/mol. The molecule has 11 heavy (non-hydrogen) atoms. The van der Waals surface area contributed by atoms with E-state index in [4.69, 9.17) is 11.1 Å². The summed E-state index contributed by atoms with van der Waals surface area (Å²) >= 11 is 0. The number of nitrogens with zero attached hydrogens (tertiary/aromatic N) is 1. The molecule has 0 radical (unpaired) electrons. The minimum atomic E-state index is 0.269. The third-order valence-electron chi connectivity index (χ3n) is 1.07. The molecular formula is C8H13N3. The maximum absolute atomic E-state index is 7.19. The normalized spacial score (nSPS) is 10.9. The van der Waals surface area contributed by atoms with Gasteiger partial charge in [-0.3, -0.25) is 0 Å². The van der Waals surface area contributed by atoms with Gasteiger partial charge in [-0.2, -0.15) is 0 Å². The summed E-state index contributed by atoms with van der Waals surface area (Å²) in [6.45, 7) is 10.5. The zero-order valence-corrected chi connectivity index (χ0v) is 6.94. The Labute approximate surface area is 66.8 Å². The van der Waals surface area contributed by atoms with Crippen LogP contribution in [0.3, 0.4) is 0 Å². The van der Waals surface area contributed by atoms with Gasteiger partial charge in [-0.1, -0.05) is 13.2 Å². The quantitative estimate of drug-likeness (QED) is 0.465. The highest BCUT2D eigenvalue weighted by Crippen LogP contribution is 1.96. The first-order valence-electron chi connectivity index (χ1n) is 3.19. The number of nitrogens with two attached hydrogens (primary N) is 1. The number of hydrogen-bond acceptors (Lipinski definition) is 2. The summed E-state index contributed by atoms with van der Waals surface area (Å²) in [5, 5.41) is 7.19. The summed E-state index contributed by atoms with van der Waals surface area (Å²) in [5.41, 5.74) is 6.86. The predicted octanol–water partition coefficient (Wildman–Crippen LogP) is 1.47. The Bertz CT molecular complexity index is 236. The minimum absolute atomic E-state index is 0.269. The Hall–Kier alpha value is -1.38. The van der Waals surface area contributed by atoms with Crippen molar-refractivity contribution in [3.05, 3.63) is 24.4 Å². The summed E-state index contributed by atoms with van der Waals surface area (Å²) in [6.07, 6.45) is 0. The molecule has 3 nitrogen and oxygen atoms in total. The van der Waals surface area contributed by atoms with Gasteiger partial charge in [-0.25, -0.2) is 4.99 Å². The van der Waals surface area contributed by atoms with Crippen molar-refractivity contribution in [1.82, 2.24) is 0 Å². The highest BCUT2D eigenvalue weighted by Gasteiger charge is 2.00. The lowest BCUT2D eigenvalue weighted by Crippen LogP contribution is -2.18. The molecule has 0 amide bonds. The van der Waals surface area contributed by atoms with Crippen molar-refractivity contribution in [3.8, 4) is 0 Å². The van der Waals surface area contributed by atoms with E-state index < -0.39 is 0 Å². The van der Waals surface area contributed by atoms with E-state index in [0.717, 1.165) is 0 Å². The molecule has 60 valence electrons. The van der Waals surface area contributed by atoms with Crippen LogP contribution in [0, 0.1) is 5.41 Å². The SMILES string of the molecule is C=C(C)N=C(N)C(=C)C(C)=N. The van der Waals surface area contributed by atoms with Crippen LogP contribution in [0.2, 0.25) is 0 Å². The number of rotatable bonds is 3. The number of amidine groups is 1. The summed E-state index contributed by atoms with van der Waals surface area (Å²) in [6, 6.07) is 0. The van der Waals surface area contributed by atoms with E-state index in [1.54, 1.807) is 13.8 Å². The van der Waals surface area contributed by atoms with Gasteiger partial charge in [-0.15, -0.1) is 0 Å². The average Bonchev–Trinajstić information content (AvgIpc) is 1.84. The molecule has 0 aliphatic rings. The topological polar surface area (TPSA) is 62.2 Å². The van der Waals surface area contributed by atoms with Crippen molar-refractivity contribution in [2.45, 2.75) is 13.8 Å². The fourth-order valence-electron chi connectivity index (χ4n) is 0.465. The maximum atomic E-state index is 7.19.